The molecule has 0 radical (unpaired) electrons. The van der Waals surface area contributed by atoms with Crippen LogP contribution in [0.2, 0.25) is 18.1 Å². The Bertz CT molecular complexity index is 1050. The van der Waals surface area contributed by atoms with E-state index in [1.807, 2.05) is 12.1 Å². The van der Waals surface area contributed by atoms with Crippen molar-refractivity contribution in [2.45, 2.75) is 117 Å². The van der Waals surface area contributed by atoms with Crippen LogP contribution >= 0.6 is 0 Å². The standard InChI is InChI=1S/C33H51NO3Si/c1-31(2,3)38(6,7)37-29-14-13-26-25-12-11-24-22-23(17-21-36-30(35)28-10-8-9-20-34-28)15-18-32(24,4)27(25)16-19-33(26,29)5/h8-10,17,20,24-27,29H,11-16,18-19,21-22H2,1-7H3/b23-17+/t24-,25-,26-,27-,29-,32-,33-/m0/s1. The molecule has 4 aliphatic carbocycles. The van der Waals surface area contributed by atoms with Crippen molar-refractivity contribution in [1.29, 1.82) is 0 Å². The van der Waals surface area contributed by atoms with Gasteiger partial charge in [0, 0.05) is 6.20 Å². The highest BCUT2D eigenvalue weighted by Crippen LogP contribution is 2.67. The van der Waals surface area contributed by atoms with Crippen molar-refractivity contribution >= 4 is 14.3 Å². The van der Waals surface area contributed by atoms with Crippen LogP contribution < -0.4 is 0 Å². The Balaban J connectivity index is 1.22. The predicted octanol–water partition coefficient (Wildman–Crippen LogP) is 8.60. The van der Waals surface area contributed by atoms with Crippen molar-refractivity contribution in [2.24, 2.45) is 34.5 Å². The van der Waals surface area contributed by atoms with Gasteiger partial charge >= 0.3 is 5.97 Å². The highest BCUT2D eigenvalue weighted by Gasteiger charge is 2.61. The molecule has 1 heterocycles. The zero-order valence-electron chi connectivity index (χ0n) is 25.0. The Hall–Kier alpha value is -1.46. The minimum absolute atomic E-state index is 0.272. The van der Waals surface area contributed by atoms with Gasteiger partial charge in [0.1, 0.15) is 12.3 Å². The predicted molar refractivity (Wildman–Crippen MR) is 156 cm³/mol. The van der Waals surface area contributed by atoms with E-state index in [4.69, 9.17) is 9.16 Å². The van der Waals surface area contributed by atoms with E-state index in [-0.39, 0.29) is 11.0 Å². The molecule has 1 aromatic heterocycles. The molecule has 4 aliphatic rings. The quantitative estimate of drug-likeness (QED) is 0.214. The van der Waals surface area contributed by atoms with Gasteiger partial charge in [0.15, 0.2) is 8.32 Å². The highest BCUT2D eigenvalue weighted by atomic mass is 28.4. The SMILES string of the molecule is CC(C)(C)[Si](C)(C)O[C@H]1CC[C@H]2[C@@H]3CC[C@H]4C/C(=C/COC(=O)c5ccccn5)CC[C@]4(C)[C@H]3CC[C@]12C. The van der Waals surface area contributed by atoms with Crippen LogP contribution in [-0.4, -0.2) is 32.0 Å². The summed E-state index contributed by atoms with van der Waals surface area (Å²) < 4.78 is 12.7. The Morgan fingerprint density at radius 2 is 1.82 bits per heavy atom. The smallest absolute Gasteiger partial charge is 0.357 e. The van der Waals surface area contributed by atoms with Crippen LogP contribution in [0.3, 0.4) is 0 Å². The minimum atomic E-state index is -1.77. The lowest BCUT2D eigenvalue weighted by Crippen LogP contribution is -2.55. The van der Waals surface area contributed by atoms with E-state index in [1.165, 1.54) is 56.9 Å². The lowest BCUT2D eigenvalue weighted by atomic mass is 9.45. The Morgan fingerprint density at radius 3 is 2.53 bits per heavy atom. The number of aromatic nitrogens is 1. The van der Waals surface area contributed by atoms with Crippen molar-refractivity contribution < 1.29 is 14.0 Å². The minimum Gasteiger partial charge on any atom is -0.457 e. The number of pyridine rings is 1. The van der Waals surface area contributed by atoms with Crippen LogP contribution in [0.5, 0.6) is 0 Å². The van der Waals surface area contributed by atoms with E-state index >= 15 is 0 Å². The zero-order chi connectivity index (χ0) is 27.3. The molecule has 0 bridgehead atoms. The molecule has 4 fully saturated rings. The molecule has 0 saturated heterocycles. The van der Waals surface area contributed by atoms with Crippen molar-refractivity contribution in [3.05, 3.63) is 41.7 Å². The van der Waals surface area contributed by atoms with Crippen molar-refractivity contribution in [2.75, 3.05) is 6.61 Å². The van der Waals surface area contributed by atoms with Gasteiger partial charge in [-0.15, -0.1) is 0 Å². The van der Waals surface area contributed by atoms with Gasteiger partial charge in [-0.2, -0.15) is 0 Å². The fourth-order valence-electron chi connectivity index (χ4n) is 8.76. The Labute approximate surface area is 232 Å². The number of carbonyl (C=O) groups is 1. The van der Waals surface area contributed by atoms with Gasteiger partial charge in [0.2, 0.25) is 0 Å². The van der Waals surface area contributed by atoms with Gasteiger partial charge in [0.05, 0.1) is 6.10 Å². The molecule has 5 heteroatoms. The topological polar surface area (TPSA) is 48.4 Å². The molecule has 4 saturated carbocycles. The van der Waals surface area contributed by atoms with Gasteiger partial charge in [-0.1, -0.05) is 46.3 Å². The average Bonchev–Trinajstić information content (AvgIpc) is 3.19. The van der Waals surface area contributed by atoms with E-state index in [9.17, 15) is 4.79 Å². The number of ether oxygens (including phenoxy) is 1. The maximum Gasteiger partial charge on any atom is 0.357 e. The lowest BCUT2D eigenvalue weighted by molar-refractivity contribution is -0.113. The first kappa shape index (κ1) is 28.1. The monoisotopic (exact) mass is 537 g/mol. The maximum atomic E-state index is 12.3. The van der Waals surface area contributed by atoms with Crippen molar-refractivity contribution in [1.82, 2.24) is 4.98 Å². The molecule has 38 heavy (non-hydrogen) atoms. The fraction of sp³-hybridized carbons (Fsp3) is 0.758. The molecular weight excluding hydrogens is 486 g/mol. The number of hydrogen-bond acceptors (Lipinski definition) is 4. The van der Waals surface area contributed by atoms with Crippen LogP contribution in [0.1, 0.15) is 103 Å². The number of nitrogens with zero attached hydrogens (tertiary/aromatic N) is 1. The van der Waals surface area contributed by atoms with Gasteiger partial charge in [-0.25, -0.2) is 9.78 Å². The first-order chi connectivity index (χ1) is 17.8. The third kappa shape index (κ3) is 4.96. The van der Waals surface area contributed by atoms with Gasteiger partial charge in [-0.3, -0.25) is 0 Å². The summed E-state index contributed by atoms with van der Waals surface area (Å²) in [7, 11) is -1.77. The van der Waals surface area contributed by atoms with Crippen LogP contribution in [0, 0.1) is 34.5 Å². The first-order valence-corrected chi connectivity index (χ1v) is 18.2. The fourth-order valence-corrected chi connectivity index (χ4v) is 10.2. The average molecular weight is 538 g/mol. The summed E-state index contributed by atoms with van der Waals surface area (Å²) >= 11 is 0. The highest BCUT2D eigenvalue weighted by molar-refractivity contribution is 6.74. The Kier molecular flexibility index (Phi) is 7.52. The van der Waals surface area contributed by atoms with Gasteiger partial charge < -0.3 is 9.16 Å². The largest absolute Gasteiger partial charge is 0.457 e. The Morgan fingerprint density at radius 1 is 1.05 bits per heavy atom. The molecule has 0 aliphatic heterocycles. The van der Waals surface area contributed by atoms with Gasteiger partial charge in [0.25, 0.3) is 0 Å². The molecule has 7 atom stereocenters. The third-order valence-corrected chi connectivity index (χ3v) is 16.7. The number of rotatable bonds is 5. The summed E-state index contributed by atoms with van der Waals surface area (Å²) in [5.41, 5.74) is 2.68. The molecule has 0 aromatic carbocycles. The molecule has 1 aromatic rings. The van der Waals surface area contributed by atoms with Crippen LogP contribution in [0.4, 0.5) is 0 Å². The lowest BCUT2D eigenvalue weighted by Gasteiger charge is -2.61. The number of hydrogen-bond donors (Lipinski definition) is 0. The second kappa shape index (κ2) is 10.2. The van der Waals surface area contributed by atoms with E-state index in [1.54, 1.807) is 12.3 Å². The summed E-state index contributed by atoms with van der Waals surface area (Å²) in [6.07, 6.45) is 16.0. The number of carbonyl (C=O) groups excluding carboxylic acids is 1. The number of allylic oxidation sites excluding steroid dienone is 1. The van der Waals surface area contributed by atoms with Crippen molar-refractivity contribution in [3.63, 3.8) is 0 Å². The molecule has 0 amide bonds. The number of fused-ring (bicyclic) bond motifs is 5. The van der Waals surface area contributed by atoms with Gasteiger partial charge in [-0.05, 0) is 129 Å². The molecule has 0 unspecified atom stereocenters. The summed E-state index contributed by atoms with van der Waals surface area (Å²) in [6.45, 7) is 17.6. The summed E-state index contributed by atoms with van der Waals surface area (Å²) in [4.78, 5) is 16.4. The number of esters is 1. The summed E-state index contributed by atoms with van der Waals surface area (Å²) in [5.74, 6) is 2.99. The van der Waals surface area contributed by atoms with Crippen molar-refractivity contribution in [3.8, 4) is 0 Å². The van der Waals surface area contributed by atoms with E-state index in [0.29, 0.717) is 29.2 Å². The molecular formula is C33H51NO3Si. The second-order valence-electron chi connectivity index (χ2n) is 15.0. The molecule has 0 spiro atoms. The normalized spacial score (nSPS) is 38.3. The third-order valence-electron chi connectivity index (χ3n) is 12.2. The molecule has 0 N–H and O–H groups in total. The maximum absolute atomic E-state index is 12.3. The molecule has 4 nitrogen and oxygen atoms in total. The molecule has 5 rings (SSSR count). The first-order valence-electron chi connectivity index (χ1n) is 15.3. The van der Waals surface area contributed by atoms with E-state index < -0.39 is 8.32 Å². The summed E-state index contributed by atoms with van der Waals surface area (Å²) in [6, 6.07) is 5.34. The van der Waals surface area contributed by atoms with Crippen LogP contribution in [-0.2, 0) is 9.16 Å². The summed E-state index contributed by atoms with van der Waals surface area (Å²) in [5, 5.41) is 0.272. The van der Waals surface area contributed by atoms with E-state index in [0.717, 1.165) is 30.1 Å². The van der Waals surface area contributed by atoms with Crippen LogP contribution in [0.25, 0.3) is 0 Å². The zero-order valence-corrected chi connectivity index (χ0v) is 26.0. The second-order valence-corrected chi connectivity index (χ2v) is 19.8. The van der Waals surface area contributed by atoms with Crippen LogP contribution in [0.15, 0.2) is 36.0 Å². The van der Waals surface area contributed by atoms with E-state index in [2.05, 4.69) is 58.8 Å². The molecule has 210 valence electrons.